The van der Waals surface area contributed by atoms with Gasteiger partial charge in [0.05, 0.1) is 0 Å². The number of rotatable bonds is 8. The van der Waals surface area contributed by atoms with Gasteiger partial charge in [-0.2, -0.15) is 0 Å². The van der Waals surface area contributed by atoms with E-state index in [0.29, 0.717) is 0 Å². The largest absolute Gasteiger partial charge is 0.133 e. The highest BCUT2D eigenvalue weighted by atomic mass is 14.1. The summed E-state index contributed by atoms with van der Waals surface area (Å²) in [6, 6.07) is 0. The minimum absolute atomic E-state index is 0.924. The second kappa shape index (κ2) is 9.61. The van der Waals surface area contributed by atoms with Crippen LogP contribution in [-0.2, 0) is 0 Å². The van der Waals surface area contributed by atoms with E-state index in [1.54, 1.807) is 0 Å². The molecular formula is C13H24. The average Bonchev–Trinajstić information content (AvgIpc) is 2.14. The highest BCUT2D eigenvalue weighted by Gasteiger charge is 1.99. The molecule has 0 saturated heterocycles. The monoisotopic (exact) mass is 180 g/mol. The fourth-order valence-corrected chi connectivity index (χ4v) is 1.54. The zero-order valence-electron chi connectivity index (χ0n) is 9.31. The van der Waals surface area contributed by atoms with Crippen molar-refractivity contribution in [2.24, 2.45) is 5.92 Å². The van der Waals surface area contributed by atoms with E-state index < -0.39 is 0 Å². The molecule has 0 nitrogen and oxygen atoms in total. The topological polar surface area (TPSA) is 0 Å². The molecule has 0 rings (SSSR count). The molecule has 0 amide bonds. The molecule has 0 fully saturated rings. The van der Waals surface area contributed by atoms with Gasteiger partial charge in [-0.1, -0.05) is 52.5 Å². The van der Waals surface area contributed by atoms with Crippen LogP contribution in [0.15, 0.2) is 18.4 Å². The summed E-state index contributed by atoms with van der Waals surface area (Å²) in [6.45, 7) is 8.19. The Labute approximate surface area is 83.7 Å². The van der Waals surface area contributed by atoms with Gasteiger partial charge in [-0.25, -0.2) is 0 Å². The average molecular weight is 180 g/mol. The summed E-state index contributed by atoms with van der Waals surface area (Å²) >= 11 is 0. The second-order valence-corrected chi connectivity index (χ2v) is 3.94. The van der Waals surface area contributed by atoms with Gasteiger partial charge in [-0.3, -0.25) is 0 Å². The first kappa shape index (κ1) is 12.5. The molecule has 0 aliphatic carbocycles. The predicted molar refractivity (Wildman–Crippen MR) is 60.9 cm³/mol. The molecule has 0 heterocycles. The van der Waals surface area contributed by atoms with Crippen molar-refractivity contribution in [1.82, 2.24) is 0 Å². The molecule has 1 atom stereocenters. The molecule has 0 saturated carbocycles. The summed E-state index contributed by atoms with van der Waals surface area (Å²) in [4.78, 5) is 0. The molecule has 0 aromatic carbocycles. The lowest BCUT2D eigenvalue weighted by Crippen LogP contribution is -1.94. The van der Waals surface area contributed by atoms with Crippen LogP contribution < -0.4 is 0 Å². The van der Waals surface area contributed by atoms with Crippen molar-refractivity contribution in [2.75, 3.05) is 0 Å². The molecule has 0 aromatic heterocycles. The van der Waals surface area contributed by atoms with E-state index in [-0.39, 0.29) is 0 Å². The number of allylic oxidation sites excluding steroid dienone is 1. The van der Waals surface area contributed by atoms with Gasteiger partial charge >= 0.3 is 0 Å². The van der Waals surface area contributed by atoms with Crippen molar-refractivity contribution < 1.29 is 0 Å². The molecule has 0 aromatic rings. The summed E-state index contributed by atoms with van der Waals surface area (Å²) in [5, 5.41) is 0. The Morgan fingerprint density at radius 1 is 1.23 bits per heavy atom. The van der Waals surface area contributed by atoms with E-state index in [2.05, 4.69) is 26.2 Å². The molecule has 0 heteroatoms. The molecule has 0 radical (unpaired) electrons. The molecule has 0 aliphatic rings. The highest BCUT2D eigenvalue weighted by Crippen LogP contribution is 2.15. The van der Waals surface area contributed by atoms with Crippen LogP contribution in [0, 0.1) is 5.92 Å². The van der Waals surface area contributed by atoms with Crippen LogP contribution in [0.1, 0.15) is 58.8 Å². The van der Waals surface area contributed by atoms with Crippen molar-refractivity contribution in [1.29, 1.82) is 0 Å². The van der Waals surface area contributed by atoms with E-state index in [9.17, 15) is 0 Å². The molecule has 76 valence electrons. The lowest BCUT2D eigenvalue weighted by molar-refractivity contribution is 0.450. The normalized spacial score (nSPS) is 12.2. The van der Waals surface area contributed by atoms with E-state index in [0.717, 1.165) is 12.3 Å². The fraction of sp³-hybridized carbons (Fsp3) is 0.769. The Kier molecular flexibility index (Phi) is 9.25. The first-order valence-electron chi connectivity index (χ1n) is 5.65. The predicted octanol–water partition coefficient (Wildman–Crippen LogP) is 4.71. The molecule has 1 unspecified atom stereocenters. The Hall–Kier alpha value is -0.480. The van der Waals surface area contributed by atoms with Crippen molar-refractivity contribution in [3.63, 3.8) is 0 Å². The van der Waals surface area contributed by atoms with Crippen molar-refractivity contribution in [3.8, 4) is 0 Å². The van der Waals surface area contributed by atoms with Gasteiger partial charge in [-0.05, 0) is 24.8 Å². The Balaban J connectivity index is 3.16. The number of unbranched alkanes of at least 4 members (excludes halogenated alkanes) is 3. The lowest BCUT2D eigenvalue weighted by atomic mass is 9.97. The van der Waals surface area contributed by atoms with E-state index in [1.165, 1.54) is 38.5 Å². The number of hydrogen-bond acceptors (Lipinski definition) is 0. The van der Waals surface area contributed by atoms with Gasteiger partial charge in [0.2, 0.25) is 0 Å². The van der Waals surface area contributed by atoms with Gasteiger partial charge in [0.25, 0.3) is 0 Å². The van der Waals surface area contributed by atoms with Gasteiger partial charge in [0.15, 0.2) is 0 Å². The summed E-state index contributed by atoms with van der Waals surface area (Å²) in [5.74, 6) is 0.924. The maximum Gasteiger partial charge on any atom is -0.0275 e. The summed E-state index contributed by atoms with van der Waals surface area (Å²) in [5.41, 5.74) is 2.82. The maximum atomic E-state index is 3.55. The zero-order chi connectivity index (χ0) is 9.94. The Bertz CT molecular complexity index is 140. The summed E-state index contributed by atoms with van der Waals surface area (Å²) in [6.07, 6.45) is 11.4. The first-order chi connectivity index (χ1) is 6.31. The van der Waals surface area contributed by atoms with E-state index >= 15 is 0 Å². The van der Waals surface area contributed by atoms with Gasteiger partial charge in [-0.15, -0.1) is 5.73 Å². The Morgan fingerprint density at radius 2 is 1.92 bits per heavy atom. The third-order valence-corrected chi connectivity index (χ3v) is 2.49. The zero-order valence-corrected chi connectivity index (χ0v) is 9.31. The molecule has 13 heavy (non-hydrogen) atoms. The van der Waals surface area contributed by atoms with Gasteiger partial charge < -0.3 is 0 Å². The summed E-state index contributed by atoms with van der Waals surface area (Å²) < 4.78 is 0. The Morgan fingerprint density at radius 3 is 2.54 bits per heavy atom. The van der Waals surface area contributed by atoms with Crippen LogP contribution >= 0.6 is 0 Å². The molecular weight excluding hydrogens is 156 g/mol. The first-order valence-corrected chi connectivity index (χ1v) is 5.65. The van der Waals surface area contributed by atoms with Crippen molar-refractivity contribution in [2.45, 2.75) is 58.8 Å². The van der Waals surface area contributed by atoms with Crippen LogP contribution in [0.3, 0.4) is 0 Å². The molecule has 0 bridgehead atoms. The van der Waals surface area contributed by atoms with Gasteiger partial charge in [0.1, 0.15) is 0 Å². The van der Waals surface area contributed by atoms with Crippen LogP contribution in [-0.4, -0.2) is 0 Å². The van der Waals surface area contributed by atoms with Crippen molar-refractivity contribution >= 4 is 0 Å². The van der Waals surface area contributed by atoms with Gasteiger partial charge in [0, 0.05) is 0 Å². The minimum Gasteiger partial charge on any atom is -0.133 e. The SMILES string of the molecule is C=C=CCCCCC(C)CCCC. The quantitative estimate of drug-likeness (QED) is 0.375. The minimum atomic E-state index is 0.924. The third kappa shape index (κ3) is 9.43. The van der Waals surface area contributed by atoms with Crippen LogP contribution in [0.4, 0.5) is 0 Å². The molecule has 0 aliphatic heterocycles. The van der Waals surface area contributed by atoms with E-state index in [1.807, 2.05) is 6.08 Å². The molecule has 0 spiro atoms. The van der Waals surface area contributed by atoms with Crippen LogP contribution in [0.25, 0.3) is 0 Å². The van der Waals surface area contributed by atoms with E-state index in [4.69, 9.17) is 0 Å². The smallest absolute Gasteiger partial charge is 0.0275 e. The highest BCUT2D eigenvalue weighted by molar-refractivity contribution is 4.75. The van der Waals surface area contributed by atoms with Crippen molar-refractivity contribution in [3.05, 3.63) is 18.4 Å². The summed E-state index contributed by atoms with van der Waals surface area (Å²) in [7, 11) is 0. The van der Waals surface area contributed by atoms with Crippen LogP contribution in [0.5, 0.6) is 0 Å². The lowest BCUT2D eigenvalue weighted by Gasteiger charge is -2.09. The standard InChI is InChI=1S/C13H24/c1-4-6-8-9-10-12-13(3)11-7-5-2/h6,13H,1,5,7-12H2,2-3H3. The third-order valence-electron chi connectivity index (χ3n) is 2.49. The maximum absolute atomic E-state index is 3.55. The second-order valence-electron chi connectivity index (χ2n) is 3.94. The van der Waals surface area contributed by atoms with Crippen LogP contribution in [0.2, 0.25) is 0 Å². The fourth-order valence-electron chi connectivity index (χ4n) is 1.54. The molecule has 0 N–H and O–H groups in total. The number of hydrogen-bond donors (Lipinski definition) is 0.